The van der Waals surface area contributed by atoms with Gasteiger partial charge in [-0.2, -0.15) is 0 Å². The summed E-state index contributed by atoms with van der Waals surface area (Å²) in [6.07, 6.45) is 6.07. The van der Waals surface area contributed by atoms with Crippen LogP contribution in [-0.2, 0) is 28.6 Å². The third-order valence-corrected chi connectivity index (χ3v) is 4.59. The van der Waals surface area contributed by atoms with Crippen molar-refractivity contribution in [3.8, 4) is 0 Å². The molecule has 7 heteroatoms. The van der Waals surface area contributed by atoms with Crippen molar-refractivity contribution in [1.29, 1.82) is 0 Å². The van der Waals surface area contributed by atoms with Gasteiger partial charge in [0.15, 0.2) is 0 Å². The number of carboxylic acid groups (broad SMARTS) is 1. The van der Waals surface area contributed by atoms with Crippen LogP contribution in [0.25, 0.3) is 0 Å². The number of hydrogen-bond donors (Lipinski definition) is 1. The molecule has 0 aromatic rings. The minimum absolute atomic E-state index is 0.0801. The van der Waals surface area contributed by atoms with E-state index in [2.05, 4.69) is 0 Å². The molecule has 1 N–H and O–H groups in total. The van der Waals surface area contributed by atoms with E-state index in [9.17, 15) is 19.5 Å². The first-order valence-electron chi connectivity index (χ1n) is 8.56. The first-order chi connectivity index (χ1) is 12.7. The normalized spacial score (nSPS) is 25.5. The van der Waals surface area contributed by atoms with Crippen LogP contribution in [-0.4, -0.2) is 48.6 Å². The van der Waals surface area contributed by atoms with Gasteiger partial charge in [0, 0.05) is 17.6 Å². The zero-order valence-corrected chi connectivity index (χ0v) is 16.1. The molecule has 0 amide bonds. The van der Waals surface area contributed by atoms with Crippen molar-refractivity contribution < 1.29 is 33.7 Å². The highest BCUT2D eigenvalue weighted by molar-refractivity contribution is 6.23. The van der Waals surface area contributed by atoms with Gasteiger partial charge in [-0.25, -0.2) is 0 Å². The van der Waals surface area contributed by atoms with E-state index in [0.29, 0.717) is 0 Å². The molecule has 0 aromatic heterocycles. The summed E-state index contributed by atoms with van der Waals surface area (Å²) in [5.74, 6) is -3.41. The van der Waals surface area contributed by atoms with Crippen molar-refractivity contribution >= 4 is 17.5 Å². The van der Waals surface area contributed by atoms with E-state index in [1.54, 1.807) is 32.1 Å². The molecular weight excluding hydrogens is 352 g/mol. The van der Waals surface area contributed by atoms with Gasteiger partial charge in [0.25, 0.3) is 0 Å². The summed E-state index contributed by atoms with van der Waals surface area (Å²) in [5.41, 5.74) is -0.953. The molecule has 2 aliphatic rings. The van der Waals surface area contributed by atoms with Crippen molar-refractivity contribution in [3.63, 3.8) is 0 Å². The van der Waals surface area contributed by atoms with Crippen LogP contribution >= 0.6 is 0 Å². The number of rotatable bonds is 7. The van der Waals surface area contributed by atoms with E-state index in [1.165, 1.54) is 27.2 Å². The lowest BCUT2D eigenvalue weighted by molar-refractivity contribution is -0.153. The third kappa shape index (κ3) is 3.73. The van der Waals surface area contributed by atoms with Gasteiger partial charge in [-0.3, -0.25) is 14.4 Å². The number of ether oxygens (including phenoxy) is 3. The van der Waals surface area contributed by atoms with Crippen molar-refractivity contribution in [2.24, 2.45) is 5.92 Å². The van der Waals surface area contributed by atoms with E-state index in [0.717, 1.165) is 0 Å². The summed E-state index contributed by atoms with van der Waals surface area (Å²) >= 11 is 0. The largest absolute Gasteiger partial charge is 0.489 e. The quantitative estimate of drug-likeness (QED) is 0.681. The van der Waals surface area contributed by atoms with Gasteiger partial charge >= 0.3 is 5.97 Å². The Hall–Kier alpha value is -2.67. The molecular formula is C20H24O7. The molecule has 0 bridgehead atoms. The average Bonchev–Trinajstić information content (AvgIpc) is 2.61. The monoisotopic (exact) mass is 376 g/mol. The Kier molecular flexibility index (Phi) is 6.05. The van der Waals surface area contributed by atoms with Crippen molar-refractivity contribution in [3.05, 3.63) is 47.0 Å². The fraction of sp³-hybridized carbons (Fsp3) is 0.450. The van der Waals surface area contributed by atoms with Crippen LogP contribution in [0.1, 0.15) is 27.2 Å². The SMILES string of the molecule is COC1=C(OC)C(=O)C(CC2(OC(C)C)C=CC=CC2C(=O)O)=C(C)C1=O. The fourth-order valence-corrected chi connectivity index (χ4v) is 3.39. The lowest BCUT2D eigenvalue weighted by atomic mass is 9.75. The van der Waals surface area contributed by atoms with E-state index in [-0.39, 0.29) is 35.2 Å². The highest BCUT2D eigenvalue weighted by Gasteiger charge is 2.46. The number of hydrogen-bond acceptors (Lipinski definition) is 6. The smallest absolute Gasteiger partial charge is 0.313 e. The molecule has 7 nitrogen and oxygen atoms in total. The van der Waals surface area contributed by atoms with E-state index in [4.69, 9.17) is 14.2 Å². The maximum atomic E-state index is 12.9. The van der Waals surface area contributed by atoms with Gasteiger partial charge in [-0.15, -0.1) is 0 Å². The Morgan fingerprint density at radius 1 is 1.15 bits per heavy atom. The number of Topliss-reactive ketones (excluding diaryl/α,β-unsaturated/α-hetero) is 2. The second-order valence-electron chi connectivity index (χ2n) is 6.69. The number of aliphatic carboxylic acids is 1. The van der Waals surface area contributed by atoms with E-state index >= 15 is 0 Å². The molecule has 2 atom stereocenters. The summed E-state index contributed by atoms with van der Waals surface area (Å²) in [6, 6.07) is 0. The maximum absolute atomic E-state index is 12.9. The second kappa shape index (κ2) is 7.92. The standard InChI is InChI=1S/C20H24O7/c1-11(2)27-20(9-7-6-8-14(20)19(23)24)10-13-12(3)15(21)17(25-4)18(26-5)16(13)22/h6-9,11,14H,10H2,1-5H3,(H,23,24). The predicted molar refractivity (Wildman–Crippen MR) is 96.7 cm³/mol. The second-order valence-corrected chi connectivity index (χ2v) is 6.69. The molecule has 0 fully saturated rings. The summed E-state index contributed by atoms with van der Waals surface area (Å²) in [6.45, 7) is 5.08. The molecule has 0 radical (unpaired) electrons. The van der Waals surface area contributed by atoms with Crippen LogP contribution in [0.5, 0.6) is 0 Å². The van der Waals surface area contributed by atoms with Crippen LogP contribution in [0.4, 0.5) is 0 Å². The molecule has 0 saturated heterocycles. The number of carbonyl (C=O) groups excluding carboxylic acids is 2. The summed E-state index contributed by atoms with van der Waals surface area (Å²) in [4.78, 5) is 37.4. The van der Waals surface area contributed by atoms with Crippen molar-refractivity contribution in [2.45, 2.75) is 38.9 Å². The number of methoxy groups -OCH3 is 2. The van der Waals surface area contributed by atoms with Gasteiger partial charge in [-0.1, -0.05) is 24.3 Å². The Morgan fingerprint density at radius 3 is 2.26 bits per heavy atom. The lowest BCUT2D eigenvalue weighted by Gasteiger charge is -2.39. The molecule has 0 aliphatic heterocycles. The Bertz CT molecular complexity index is 782. The van der Waals surface area contributed by atoms with Crippen LogP contribution in [0, 0.1) is 5.92 Å². The minimum Gasteiger partial charge on any atom is -0.489 e. The van der Waals surface area contributed by atoms with Gasteiger partial charge in [0.05, 0.1) is 20.3 Å². The molecule has 0 heterocycles. The molecule has 2 aliphatic carbocycles. The molecule has 2 unspecified atom stereocenters. The van der Waals surface area contributed by atoms with Crippen LogP contribution in [0.15, 0.2) is 47.0 Å². The number of ketones is 2. The van der Waals surface area contributed by atoms with Crippen LogP contribution in [0.2, 0.25) is 0 Å². The van der Waals surface area contributed by atoms with Crippen LogP contribution in [0.3, 0.4) is 0 Å². The zero-order valence-electron chi connectivity index (χ0n) is 16.1. The van der Waals surface area contributed by atoms with Gasteiger partial charge < -0.3 is 19.3 Å². The first kappa shape index (κ1) is 20.6. The highest BCUT2D eigenvalue weighted by atomic mass is 16.5. The third-order valence-electron chi connectivity index (χ3n) is 4.59. The Morgan fingerprint density at radius 2 is 1.74 bits per heavy atom. The summed E-state index contributed by atoms with van der Waals surface area (Å²) < 4.78 is 16.1. The van der Waals surface area contributed by atoms with Crippen molar-refractivity contribution in [1.82, 2.24) is 0 Å². The number of carbonyl (C=O) groups is 3. The van der Waals surface area contributed by atoms with Crippen LogP contribution < -0.4 is 0 Å². The molecule has 0 aromatic carbocycles. The number of carboxylic acids is 1. The van der Waals surface area contributed by atoms with Gasteiger partial charge in [-0.05, 0) is 20.8 Å². The fourth-order valence-electron chi connectivity index (χ4n) is 3.39. The van der Waals surface area contributed by atoms with Crippen molar-refractivity contribution in [2.75, 3.05) is 14.2 Å². The molecule has 27 heavy (non-hydrogen) atoms. The lowest BCUT2D eigenvalue weighted by Crippen LogP contribution is -2.46. The van der Waals surface area contributed by atoms with Gasteiger partial charge in [0.2, 0.25) is 23.1 Å². The minimum atomic E-state index is -1.30. The number of allylic oxidation sites excluding steroid dienone is 4. The summed E-state index contributed by atoms with van der Waals surface area (Å²) in [5, 5.41) is 9.69. The molecule has 2 rings (SSSR count). The predicted octanol–water partition coefficient (Wildman–Crippen LogP) is 2.34. The Labute approximate surface area is 158 Å². The average molecular weight is 376 g/mol. The summed E-state index contributed by atoms with van der Waals surface area (Å²) in [7, 11) is 2.57. The zero-order chi connectivity index (χ0) is 20.4. The molecule has 0 saturated carbocycles. The topological polar surface area (TPSA) is 99.1 Å². The molecule has 0 spiro atoms. The molecule has 146 valence electrons. The highest BCUT2D eigenvalue weighted by Crippen LogP contribution is 2.39. The van der Waals surface area contributed by atoms with E-state index < -0.39 is 29.1 Å². The first-order valence-corrected chi connectivity index (χ1v) is 8.56. The maximum Gasteiger partial charge on any atom is 0.313 e. The Balaban J connectivity index is 2.55. The van der Waals surface area contributed by atoms with E-state index in [1.807, 2.05) is 0 Å². The van der Waals surface area contributed by atoms with Gasteiger partial charge in [0.1, 0.15) is 11.5 Å².